The molecule has 1 aromatic heterocycles. The van der Waals surface area contributed by atoms with Gasteiger partial charge in [-0.2, -0.15) is 0 Å². The summed E-state index contributed by atoms with van der Waals surface area (Å²) in [6.45, 7) is 1.98. The molecule has 0 aliphatic heterocycles. The second kappa shape index (κ2) is 6.03. The SMILES string of the molecule is Cc1ccc2sc(SOC(=O)CCC(=O)O)nc2c1. The van der Waals surface area contributed by atoms with Crippen molar-refractivity contribution in [3.63, 3.8) is 0 Å². The van der Waals surface area contributed by atoms with Crippen LogP contribution in [0.5, 0.6) is 0 Å². The van der Waals surface area contributed by atoms with Gasteiger partial charge in [0, 0.05) is 0 Å². The van der Waals surface area contributed by atoms with Crippen LogP contribution in [0.15, 0.2) is 22.5 Å². The lowest BCUT2D eigenvalue weighted by molar-refractivity contribution is -0.141. The van der Waals surface area contributed by atoms with Crippen LogP contribution in [0.25, 0.3) is 10.2 Å². The summed E-state index contributed by atoms with van der Waals surface area (Å²) in [7, 11) is 0. The first-order valence-corrected chi connectivity index (χ1v) is 7.07. The van der Waals surface area contributed by atoms with Gasteiger partial charge < -0.3 is 9.29 Å². The summed E-state index contributed by atoms with van der Waals surface area (Å²) in [6, 6.07) is 5.93. The van der Waals surface area contributed by atoms with E-state index < -0.39 is 11.9 Å². The molecule has 1 aromatic carbocycles. The molecule has 2 aromatic rings. The van der Waals surface area contributed by atoms with Crippen molar-refractivity contribution < 1.29 is 18.9 Å². The van der Waals surface area contributed by atoms with Crippen LogP contribution in [0, 0.1) is 6.92 Å². The van der Waals surface area contributed by atoms with Crippen LogP contribution in [-0.4, -0.2) is 22.0 Å². The molecule has 0 spiro atoms. The number of hydrogen-bond acceptors (Lipinski definition) is 6. The normalized spacial score (nSPS) is 10.6. The van der Waals surface area contributed by atoms with E-state index in [1.807, 2.05) is 25.1 Å². The van der Waals surface area contributed by atoms with Crippen LogP contribution in [0.2, 0.25) is 0 Å². The van der Waals surface area contributed by atoms with Gasteiger partial charge in [-0.25, -0.2) is 4.98 Å². The molecule has 0 aliphatic rings. The van der Waals surface area contributed by atoms with Gasteiger partial charge in [0.05, 0.1) is 23.1 Å². The van der Waals surface area contributed by atoms with Gasteiger partial charge in [-0.05, 0) is 24.6 Å². The predicted octanol–water partition coefficient (Wildman–Crippen LogP) is 3.02. The Morgan fingerprint density at radius 3 is 2.95 bits per heavy atom. The van der Waals surface area contributed by atoms with Gasteiger partial charge in [-0.3, -0.25) is 9.59 Å². The number of rotatable bonds is 5. The van der Waals surface area contributed by atoms with Gasteiger partial charge in [-0.15, -0.1) is 11.3 Å². The van der Waals surface area contributed by atoms with Crippen molar-refractivity contribution in [1.29, 1.82) is 0 Å². The topological polar surface area (TPSA) is 76.5 Å². The lowest BCUT2D eigenvalue weighted by Crippen LogP contribution is -2.03. The molecule has 2 rings (SSSR count). The number of carboxylic acid groups (broad SMARTS) is 1. The average Bonchev–Trinajstić information content (AvgIpc) is 2.75. The van der Waals surface area contributed by atoms with Crippen molar-refractivity contribution in [1.82, 2.24) is 4.98 Å². The van der Waals surface area contributed by atoms with E-state index in [1.54, 1.807) is 0 Å². The summed E-state index contributed by atoms with van der Waals surface area (Å²) in [6.07, 6.45) is -0.356. The van der Waals surface area contributed by atoms with Crippen molar-refractivity contribution >= 4 is 45.5 Å². The van der Waals surface area contributed by atoms with Gasteiger partial charge in [0.2, 0.25) is 0 Å². The van der Waals surface area contributed by atoms with Crippen LogP contribution >= 0.6 is 23.4 Å². The highest BCUT2D eigenvalue weighted by Gasteiger charge is 2.11. The van der Waals surface area contributed by atoms with Crippen LogP contribution in [0.3, 0.4) is 0 Å². The van der Waals surface area contributed by atoms with Crippen LogP contribution in [0.1, 0.15) is 18.4 Å². The van der Waals surface area contributed by atoms with Crippen LogP contribution in [-0.2, 0) is 13.8 Å². The molecule has 0 saturated carbocycles. The number of thiazole rings is 1. The van der Waals surface area contributed by atoms with E-state index >= 15 is 0 Å². The van der Waals surface area contributed by atoms with Crippen LogP contribution in [0.4, 0.5) is 0 Å². The van der Waals surface area contributed by atoms with Crippen LogP contribution < -0.4 is 0 Å². The first kappa shape index (κ1) is 13.8. The van der Waals surface area contributed by atoms with E-state index in [4.69, 9.17) is 9.29 Å². The number of aryl methyl sites for hydroxylation is 1. The third-order valence-electron chi connectivity index (χ3n) is 2.27. The molecule has 0 radical (unpaired) electrons. The van der Waals surface area contributed by atoms with E-state index in [-0.39, 0.29) is 12.8 Å². The third kappa shape index (κ3) is 3.93. The number of benzene rings is 1. The number of carbonyl (C=O) groups excluding carboxylic acids is 1. The van der Waals surface area contributed by atoms with Gasteiger partial charge in [0.25, 0.3) is 0 Å². The zero-order chi connectivity index (χ0) is 13.8. The molecule has 1 N–H and O–H groups in total. The van der Waals surface area contributed by atoms with Crippen molar-refractivity contribution in [3.8, 4) is 0 Å². The minimum Gasteiger partial charge on any atom is -0.481 e. The van der Waals surface area contributed by atoms with Crippen molar-refractivity contribution in [2.75, 3.05) is 0 Å². The maximum atomic E-state index is 11.3. The molecule has 0 amide bonds. The fraction of sp³-hybridized carbons (Fsp3) is 0.250. The lowest BCUT2D eigenvalue weighted by Gasteiger charge is -1.97. The Bertz CT molecular complexity index is 623. The Morgan fingerprint density at radius 1 is 1.42 bits per heavy atom. The highest BCUT2D eigenvalue weighted by Crippen LogP contribution is 2.30. The van der Waals surface area contributed by atoms with Gasteiger partial charge in [0.1, 0.15) is 12.0 Å². The first-order valence-electron chi connectivity index (χ1n) is 5.51. The van der Waals surface area contributed by atoms with E-state index in [9.17, 15) is 9.59 Å². The molecule has 0 aliphatic carbocycles. The second-order valence-corrected chi connectivity index (χ2v) is 5.89. The van der Waals surface area contributed by atoms with Gasteiger partial charge in [0.15, 0.2) is 4.34 Å². The smallest absolute Gasteiger partial charge is 0.318 e. The van der Waals surface area contributed by atoms with Crippen molar-refractivity contribution in [2.45, 2.75) is 24.1 Å². The fourth-order valence-electron chi connectivity index (χ4n) is 1.38. The highest BCUT2D eigenvalue weighted by molar-refractivity contribution is 7.97. The molecule has 0 saturated heterocycles. The summed E-state index contributed by atoms with van der Waals surface area (Å²) in [5, 5.41) is 8.44. The molecule has 0 fully saturated rings. The Kier molecular flexibility index (Phi) is 4.39. The number of aliphatic carboxylic acids is 1. The second-order valence-electron chi connectivity index (χ2n) is 3.88. The molecule has 100 valence electrons. The average molecular weight is 297 g/mol. The van der Waals surface area contributed by atoms with E-state index in [1.165, 1.54) is 11.3 Å². The maximum absolute atomic E-state index is 11.3. The van der Waals surface area contributed by atoms with Gasteiger partial charge in [-0.1, -0.05) is 6.07 Å². The summed E-state index contributed by atoms with van der Waals surface area (Å²) in [5.74, 6) is -1.57. The summed E-state index contributed by atoms with van der Waals surface area (Å²) < 4.78 is 6.55. The Morgan fingerprint density at radius 2 is 2.21 bits per heavy atom. The molecule has 0 unspecified atom stereocenters. The van der Waals surface area contributed by atoms with Gasteiger partial charge >= 0.3 is 11.9 Å². The standard InChI is InChI=1S/C12H11NO4S2/c1-7-2-3-9-8(6-7)13-12(18-9)19-17-11(16)5-4-10(14)15/h2-3,6H,4-5H2,1H3,(H,14,15). The third-order valence-corrected chi connectivity index (χ3v) is 4.06. The summed E-state index contributed by atoms with van der Waals surface area (Å²) in [4.78, 5) is 25.9. The zero-order valence-corrected chi connectivity index (χ0v) is 11.7. The molecule has 0 bridgehead atoms. The predicted molar refractivity (Wildman–Crippen MR) is 73.2 cm³/mol. The zero-order valence-electron chi connectivity index (χ0n) is 10.1. The quantitative estimate of drug-likeness (QED) is 0.855. The molecule has 0 atom stereocenters. The van der Waals surface area contributed by atoms with E-state index in [2.05, 4.69) is 4.98 Å². The van der Waals surface area contributed by atoms with E-state index in [0.29, 0.717) is 4.34 Å². The number of carbonyl (C=O) groups is 2. The molecule has 5 nitrogen and oxygen atoms in total. The minimum absolute atomic E-state index is 0.133. The summed E-state index contributed by atoms with van der Waals surface area (Å²) >= 11 is 2.31. The Hall–Kier alpha value is -1.60. The fourth-order valence-corrected chi connectivity index (χ4v) is 2.95. The molecule has 7 heteroatoms. The molecular weight excluding hydrogens is 286 g/mol. The minimum atomic E-state index is -1.02. The number of aromatic nitrogens is 1. The number of fused-ring (bicyclic) bond motifs is 1. The number of nitrogens with zero attached hydrogens (tertiary/aromatic N) is 1. The largest absolute Gasteiger partial charge is 0.481 e. The number of carboxylic acids is 1. The highest BCUT2D eigenvalue weighted by atomic mass is 32.2. The summed E-state index contributed by atoms with van der Waals surface area (Å²) in [5.41, 5.74) is 1.99. The Labute approximate surface area is 117 Å². The Balaban J connectivity index is 1.94. The first-order chi connectivity index (χ1) is 9.04. The lowest BCUT2D eigenvalue weighted by atomic mass is 10.2. The maximum Gasteiger partial charge on any atom is 0.318 e. The molecular formula is C12H11NO4S2. The molecule has 1 heterocycles. The monoisotopic (exact) mass is 297 g/mol. The molecule has 19 heavy (non-hydrogen) atoms. The van der Waals surface area contributed by atoms with E-state index in [0.717, 1.165) is 27.8 Å². The van der Waals surface area contributed by atoms with Crippen molar-refractivity contribution in [3.05, 3.63) is 23.8 Å². The van der Waals surface area contributed by atoms with Crippen molar-refractivity contribution in [2.24, 2.45) is 0 Å². The number of hydrogen-bond donors (Lipinski definition) is 1.